The summed E-state index contributed by atoms with van der Waals surface area (Å²) in [5.41, 5.74) is 12.7. The molecule has 0 bridgehead atoms. The Labute approximate surface area is 139 Å². The molecule has 2 N–H and O–H groups in total. The van der Waals surface area contributed by atoms with Gasteiger partial charge in [-0.2, -0.15) is 0 Å². The van der Waals surface area contributed by atoms with Crippen LogP contribution in [-0.2, 0) is 6.42 Å². The monoisotopic (exact) mass is 301 g/mol. The summed E-state index contributed by atoms with van der Waals surface area (Å²) in [7, 11) is 0. The predicted molar refractivity (Wildman–Crippen MR) is 101 cm³/mol. The van der Waals surface area contributed by atoms with Crippen LogP contribution in [0.15, 0.2) is 97.3 Å². The van der Waals surface area contributed by atoms with Crippen molar-refractivity contribution in [2.75, 3.05) is 0 Å². The number of aryl methyl sites for hydroxylation is 1. The second-order valence-corrected chi connectivity index (χ2v) is 5.49. The predicted octanol–water partition coefficient (Wildman–Crippen LogP) is 5.35. The lowest BCUT2D eigenvalue weighted by Gasteiger charge is -2.05. The molecule has 2 rings (SSSR count). The number of benzene rings is 2. The van der Waals surface area contributed by atoms with Crippen molar-refractivity contribution in [2.24, 2.45) is 5.73 Å². The van der Waals surface area contributed by atoms with Gasteiger partial charge in [0.05, 0.1) is 0 Å². The van der Waals surface area contributed by atoms with E-state index in [1.807, 2.05) is 12.2 Å². The molecule has 0 spiro atoms. The van der Waals surface area contributed by atoms with Crippen LogP contribution in [0.1, 0.15) is 11.1 Å². The molecule has 0 aliphatic rings. The number of allylic oxidation sites excluding steroid dienone is 4. The Kier molecular flexibility index (Phi) is 5.76. The van der Waals surface area contributed by atoms with Crippen LogP contribution in [0.5, 0.6) is 0 Å². The summed E-state index contributed by atoms with van der Waals surface area (Å²) in [6, 6.07) is 17.2. The molecular formula is C22H23N. The van der Waals surface area contributed by atoms with Gasteiger partial charge in [0.1, 0.15) is 0 Å². The average molecular weight is 301 g/mol. The Balaban J connectivity index is 2.11. The summed E-state index contributed by atoms with van der Waals surface area (Å²) in [5, 5.41) is 0. The van der Waals surface area contributed by atoms with E-state index in [1.54, 1.807) is 12.2 Å². The molecule has 0 saturated carbocycles. The van der Waals surface area contributed by atoms with Crippen LogP contribution in [0.25, 0.3) is 11.1 Å². The van der Waals surface area contributed by atoms with Gasteiger partial charge < -0.3 is 5.73 Å². The first-order chi connectivity index (χ1) is 11.1. The Hall–Kier alpha value is -2.80. The van der Waals surface area contributed by atoms with E-state index in [0.29, 0.717) is 0 Å². The molecule has 0 atom stereocenters. The van der Waals surface area contributed by atoms with Crippen LogP contribution in [0.2, 0.25) is 0 Å². The molecule has 23 heavy (non-hydrogen) atoms. The molecule has 116 valence electrons. The zero-order chi connectivity index (χ0) is 16.7. The van der Waals surface area contributed by atoms with Crippen molar-refractivity contribution < 1.29 is 0 Å². The SMILES string of the molecule is C=C/C=C(C=C)/C(N)=C/Cc1ccc(-c2ccc(C)cc2)cc1. The van der Waals surface area contributed by atoms with E-state index in [9.17, 15) is 0 Å². The van der Waals surface area contributed by atoms with Gasteiger partial charge >= 0.3 is 0 Å². The lowest BCUT2D eigenvalue weighted by atomic mass is 10.0. The van der Waals surface area contributed by atoms with E-state index in [4.69, 9.17) is 5.73 Å². The van der Waals surface area contributed by atoms with E-state index >= 15 is 0 Å². The smallest absolute Gasteiger partial charge is 0.0350 e. The summed E-state index contributed by atoms with van der Waals surface area (Å²) in [5.74, 6) is 0. The molecule has 0 radical (unpaired) electrons. The Morgan fingerprint density at radius 2 is 1.52 bits per heavy atom. The summed E-state index contributed by atoms with van der Waals surface area (Å²) in [4.78, 5) is 0. The molecule has 0 fully saturated rings. The highest BCUT2D eigenvalue weighted by Gasteiger charge is 1.99. The normalized spacial score (nSPS) is 12.0. The number of hydrogen-bond acceptors (Lipinski definition) is 1. The van der Waals surface area contributed by atoms with Crippen LogP contribution in [0.4, 0.5) is 0 Å². The highest BCUT2D eigenvalue weighted by atomic mass is 14.6. The third-order valence-electron chi connectivity index (χ3n) is 3.75. The van der Waals surface area contributed by atoms with Gasteiger partial charge in [0.25, 0.3) is 0 Å². The van der Waals surface area contributed by atoms with E-state index in [0.717, 1.165) is 17.7 Å². The standard InChI is InChI=1S/C22H23N/c1-4-6-19(5-2)22(23)16-11-18-9-14-21(15-10-18)20-12-7-17(3)8-13-20/h4-10,12-16H,1-2,11,23H2,3H3/b19-6+,22-16-. The Bertz CT molecular complexity index is 729. The number of hydrogen-bond donors (Lipinski definition) is 1. The maximum Gasteiger partial charge on any atom is 0.0350 e. The molecule has 1 nitrogen and oxygen atoms in total. The fraction of sp³-hybridized carbons (Fsp3) is 0.0909. The molecule has 0 aliphatic carbocycles. The molecule has 2 aromatic rings. The highest BCUT2D eigenvalue weighted by molar-refractivity contribution is 5.64. The van der Waals surface area contributed by atoms with Crippen LogP contribution in [0, 0.1) is 6.92 Å². The van der Waals surface area contributed by atoms with Gasteiger partial charge in [-0.05, 0) is 35.6 Å². The van der Waals surface area contributed by atoms with Crippen LogP contribution >= 0.6 is 0 Å². The van der Waals surface area contributed by atoms with Crippen LogP contribution in [0.3, 0.4) is 0 Å². The van der Waals surface area contributed by atoms with E-state index in [2.05, 4.69) is 68.6 Å². The largest absolute Gasteiger partial charge is 0.398 e. The molecule has 0 heterocycles. The van der Waals surface area contributed by atoms with Gasteiger partial charge in [-0.15, -0.1) is 0 Å². The van der Waals surface area contributed by atoms with Crippen molar-refractivity contribution in [3.63, 3.8) is 0 Å². The van der Waals surface area contributed by atoms with Gasteiger partial charge in [-0.1, -0.05) is 91.6 Å². The molecule has 0 aliphatic heterocycles. The minimum absolute atomic E-state index is 0.725. The quantitative estimate of drug-likeness (QED) is 0.715. The van der Waals surface area contributed by atoms with Crippen LogP contribution < -0.4 is 5.73 Å². The lowest BCUT2D eigenvalue weighted by molar-refractivity contribution is 1.21. The molecule has 0 unspecified atom stereocenters. The highest BCUT2D eigenvalue weighted by Crippen LogP contribution is 2.20. The fourth-order valence-corrected chi connectivity index (χ4v) is 2.33. The molecule has 0 aromatic heterocycles. The third kappa shape index (κ3) is 4.58. The van der Waals surface area contributed by atoms with Gasteiger partial charge in [0, 0.05) is 5.70 Å². The maximum absolute atomic E-state index is 6.07. The first kappa shape index (κ1) is 16.6. The van der Waals surface area contributed by atoms with Crippen molar-refractivity contribution in [2.45, 2.75) is 13.3 Å². The zero-order valence-electron chi connectivity index (χ0n) is 13.6. The molecule has 0 amide bonds. The minimum atomic E-state index is 0.725. The molecule has 0 saturated heterocycles. The number of nitrogens with two attached hydrogens (primary N) is 1. The Morgan fingerprint density at radius 3 is 2.04 bits per heavy atom. The summed E-state index contributed by atoms with van der Waals surface area (Å²) in [6.07, 6.45) is 8.13. The second-order valence-electron chi connectivity index (χ2n) is 5.49. The van der Waals surface area contributed by atoms with E-state index in [1.165, 1.54) is 22.3 Å². The fourth-order valence-electron chi connectivity index (χ4n) is 2.33. The third-order valence-corrected chi connectivity index (χ3v) is 3.75. The summed E-state index contributed by atoms with van der Waals surface area (Å²) in [6.45, 7) is 9.56. The van der Waals surface area contributed by atoms with Crippen molar-refractivity contribution in [3.05, 3.63) is 108 Å². The zero-order valence-corrected chi connectivity index (χ0v) is 13.6. The molecule has 1 heteroatoms. The van der Waals surface area contributed by atoms with E-state index in [-0.39, 0.29) is 0 Å². The summed E-state index contributed by atoms with van der Waals surface area (Å²) >= 11 is 0. The van der Waals surface area contributed by atoms with Gasteiger partial charge in [-0.25, -0.2) is 0 Å². The van der Waals surface area contributed by atoms with Gasteiger partial charge in [0.15, 0.2) is 0 Å². The van der Waals surface area contributed by atoms with E-state index < -0.39 is 0 Å². The minimum Gasteiger partial charge on any atom is -0.398 e. The average Bonchev–Trinajstić information content (AvgIpc) is 2.59. The topological polar surface area (TPSA) is 26.0 Å². The molecule has 2 aromatic carbocycles. The van der Waals surface area contributed by atoms with Crippen molar-refractivity contribution in [3.8, 4) is 11.1 Å². The molecular weight excluding hydrogens is 278 g/mol. The second kappa shape index (κ2) is 8.00. The summed E-state index contributed by atoms with van der Waals surface area (Å²) < 4.78 is 0. The van der Waals surface area contributed by atoms with Crippen LogP contribution in [-0.4, -0.2) is 0 Å². The first-order valence-electron chi connectivity index (χ1n) is 7.71. The van der Waals surface area contributed by atoms with Gasteiger partial charge in [-0.3, -0.25) is 0 Å². The van der Waals surface area contributed by atoms with Crippen molar-refractivity contribution in [1.29, 1.82) is 0 Å². The van der Waals surface area contributed by atoms with Crippen molar-refractivity contribution >= 4 is 0 Å². The van der Waals surface area contributed by atoms with Crippen molar-refractivity contribution in [1.82, 2.24) is 0 Å². The lowest BCUT2D eigenvalue weighted by Crippen LogP contribution is -2.00. The maximum atomic E-state index is 6.07. The first-order valence-corrected chi connectivity index (χ1v) is 7.71. The number of rotatable bonds is 6. The van der Waals surface area contributed by atoms with Gasteiger partial charge in [0.2, 0.25) is 0 Å². The Morgan fingerprint density at radius 1 is 0.957 bits per heavy atom.